The molecule has 0 aliphatic carbocycles. The Morgan fingerprint density at radius 3 is 2.26 bits per heavy atom. The molecule has 1 aromatic heterocycles. The second kappa shape index (κ2) is 5.40. The van der Waals surface area contributed by atoms with Crippen molar-refractivity contribution in [3.05, 3.63) is 78.0 Å². The Morgan fingerprint density at radius 1 is 0.826 bits per heavy atom. The molecule has 0 spiro atoms. The van der Waals surface area contributed by atoms with E-state index in [4.69, 9.17) is 8.85 Å². The number of nitrogens with zero attached hydrogens (tertiary/aromatic N) is 1. The monoisotopic (exact) mass is 302 g/mol. The van der Waals surface area contributed by atoms with Crippen LogP contribution in [0.15, 0.2) is 66.9 Å². The maximum absolute atomic E-state index is 8.07. The lowest BCUT2D eigenvalue weighted by Crippen LogP contribution is -1.94. The zero-order valence-electron chi connectivity index (χ0n) is 15.7. The molecule has 1 heterocycles. The number of aryl methyl sites for hydroxylation is 2. The van der Waals surface area contributed by atoms with Crippen LogP contribution >= 0.6 is 0 Å². The molecule has 0 atom stereocenters. The molecule has 0 fully saturated rings. The van der Waals surface area contributed by atoms with Gasteiger partial charge in [-0.25, -0.2) is 4.98 Å². The molecule has 0 saturated carbocycles. The highest BCUT2D eigenvalue weighted by molar-refractivity contribution is 6.07. The number of fused-ring (bicyclic) bond motifs is 2. The molecule has 0 amide bonds. The van der Waals surface area contributed by atoms with Crippen LogP contribution < -0.4 is 4.74 Å². The van der Waals surface area contributed by atoms with Crippen LogP contribution in [0.1, 0.15) is 15.2 Å². The molecule has 23 heavy (non-hydrogen) atoms. The molecular formula is C21H17NO. The lowest BCUT2D eigenvalue weighted by molar-refractivity contribution is 0.469. The van der Waals surface area contributed by atoms with Crippen molar-refractivity contribution >= 4 is 21.5 Å². The number of aromatic nitrogens is 1. The summed E-state index contributed by atoms with van der Waals surface area (Å²) >= 11 is 0. The predicted molar refractivity (Wildman–Crippen MR) is 95.2 cm³/mol. The Balaban J connectivity index is 2.10. The first kappa shape index (κ1) is 10.8. The minimum atomic E-state index is -2.24. The SMILES string of the molecule is [2H]C([2H])([2H])c1c2ccccc2c(C)c2c(Oc3ccccc3)nccc12. The standard InChI is InChI=1S/C21H17NO/c1-14-17-10-6-7-11-18(17)15(2)20-19(14)12-13-22-21(20)23-16-8-4-3-5-9-16/h3-13H,1-2H3/i1D3. The smallest absolute Gasteiger partial charge is 0.227 e. The maximum atomic E-state index is 8.07. The Labute approximate surface area is 139 Å². The van der Waals surface area contributed by atoms with Gasteiger partial charge in [0.2, 0.25) is 5.88 Å². The van der Waals surface area contributed by atoms with Crippen LogP contribution in [0, 0.1) is 13.8 Å². The normalized spacial score (nSPS) is 13.5. The minimum Gasteiger partial charge on any atom is -0.438 e. The molecule has 0 radical (unpaired) electrons. The summed E-state index contributed by atoms with van der Waals surface area (Å²) in [5.74, 6) is 1.08. The number of ether oxygens (including phenoxy) is 1. The highest BCUT2D eigenvalue weighted by Gasteiger charge is 2.13. The molecule has 0 aliphatic heterocycles. The molecule has 112 valence electrons. The lowest BCUT2D eigenvalue weighted by Gasteiger charge is -2.14. The summed E-state index contributed by atoms with van der Waals surface area (Å²) in [4.78, 5) is 4.39. The van der Waals surface area contributed by atoms with E-state index in [1.807, 2.05) is 61.5 Å². The molecule has 0 N–H and O–H groups in total. The van der Waals surface area contributed by atoms with E-state index in [0.717, 1.165) is 21.7 Å². The first-order chi connectivity index (χ1) is 12.5. The molecule has 2 nitrogen and oxygen atoms in total. The van der Waals surface area contributed by atoms with Crippen molar-refractivity contribution in [1.29, 1.82) is 0 Å². The summed E-state index contributed by atoms with van der Waals surface area (Å²) in [6.45, 7) is -0.260. The van der Waals surface area contributed by atoms with Gasteiger partial charge in [0.1, 0.15) is 5.75 Å². The summed E-state index contributed by atoms with van der Waals surface area (Å²) in [5.41, 5.74) is 1.30. The molecule has 3 aromatic carbocycles. The van der Waals surface area contributed by atoms with E-state index in [0.29, 0.717) is 22.6 Å². The van der Waals surface area contributed by atoms with Gasteiger partial charge in [-0.3, -0.25) is 0 Å². The summed E-state index contributed by atoms with van der Waals surface area (Å²) in [7, 11) is 0. The third kappa shape index (κ3) is 2.23. The second-order valence-corrected chi connectivity index (χ2v) is 5.50. The highest BCUT2D eigenvalue weighted by Crippen LogP contribution is 2.37. The van der Waals surface area contributed by atoms with Gasteiger partial charge >= 0.3 is 0 Å². The largest absolute Gasteiger partial charge is 0.438 e. The average Bonchev–Trinajstić information content (AvgIpc) is 2.62. The van der Waals surface area contributed by atoms with Gasteiger partial charge in [-0.05, 0) is 59.3 Å². The van der Waals surface area contributed by atoms with Crippen LogP contribution in [0.4, 0.5) is 0 Å². The van der Waals surface area contributed by atoms with Gasteiger partial charge in [0, 0.05) is 15.7 Å². The minimum absolute atomic E-state index is 0.342. The molecule has 4 rings (SSSR count). The molecule has 0 saturated heterocycles. The molecule has 4 aromatic rings. The molecule has 2 heteroatoms. The van der Waals surface area contributed by atoms with Gasteiger partial charge in [0.05, 0.1) is 0 Å². The fraction of sp³-hybridized carbons (Fsp3) is 0.0952. The van der Waals surface area contributed by atoms with E-state index in [-0.39, 0.29) is 0 Å². The lowest BCUT2D eigenvalue weighted by atomic mass is 9.94. The number of hydrogen-bond donors (Lipinski definition) is 0. The van der Waals surface area contributed by atoms with Crippen molar-refractivity contribution in [2.45, 2.75) is 13.8 Å². The fourth-order valence-electron chi connectivity index (χ4n) is 3.00. The number of benzene rings is 3. The van der Waals surface area contributed by atoms with Crippen LogP contribution in [0.5, 0.6) is 11.6 Å². The molecule has 0 aliphatic rings. The number of rotatable bonds is 2. The van der Waals surface area contributed by atoms with Crippen LogP contribution in [0.2, 0.25) is 0 Å². The Morgan fingerprint density at radius 2 is 1.52 bits per heavy atom. The van der Waals surface area contributed by atoms with Gasteiger partial charge in [-0.2, -0.15) is 0 Å². The van der Waals surface area contributed by atoms with Crippen molar-refractivity contribution in [2.24, 2.45) is 0 Å². The van der Waals surface area contributed by atoms with E-state index in [1.165, 1.54) is 0 Å². The van der Waals surface area contributed by atoms with Crippen molar-refractivity contribution in [1.82, 2.24) is 4.98 Å². The van der Waals surface area contributed by atoms with E-state index in [1.54, 1.807) is 12.3 Å². The van der Waals surface area contributed by atoms with Crippen LogP contribution in [0.25, 0.3) is 21.5 Å². The van der Waals surface area contributed by atoms with E-state index in [9.17, 15) is 0 Å². The zero-order valence-corrected chi connectivity index (χ0v) is 12.7. The maximum Gasteiger partial charge on any atom is 0.227 e. The van der Waals surface area contributed by atoms with Gasteiger partial charge in [-0.1, -0.05) is 42.5 Å². The number of hydrogen-bond acceptors (Lipinski definition) is 2. The van der Waals surface area contributed by atoms with Crippen molar-refractivity contribution in [3.8, 4) is 11.6 Å². The molecule has 0 unspecified atom stereocenters. The van der Waals surface area contributed by atoms with E-state index >= 15 is 0 Å². The third-order valence-electron chi connectivity index (χ3n) is 4.12. The van der Waals surface area contributed by atoms with Crippen LogP contribution in [-0.2, 0) is 0 Å². The average molecular weight is 302 g/mol. The quantitative estimate of drug-likeness (QED) is 0.437. The topological polar surface area (TPSA) is 22.1 Å². The fourth-order valence-corrected chi connectivity index (χ4v) is 3.00. The molecular weight excluding hydrogens is 282 g/mol. The number of pyridine rings is 1. The summed E-state index contributed by atoms with van der Waals surface area (Å²) in [6, 6.07) is 18.7. The summed E-state index contributed by atoms with van der Waals surface area (Å²) < 4.78 is 30.2. The van der Waals surface area contributed by atoms with Crippen LogP contribution in [0.3, 0.4) is 0 Å². The van der Waals surface area contributed by atoms with E-state index < -0.39 is 6.85 Å². The van der Waals surface area contributed by atoms with Gasteiger partial charge < -0.3 is 4.74 Å². The van der Waals surface area contributed by atoms with Gasteiger partial charge in [-0.15, -0.1) is 0 Å². The van der Waals surface area contributed by atoms with Crippen LogP contribution in [-0.4, -0.2) is 4.98 Å². The predicted octanol–water partition coefficient (Wildman–Crippen LogP) is 5.80. The van der Waals surface area contributed by atoms with Crippen molar-refractivity contribution in [2.75, 3.05) is 0 Å². The highest BCUT2D eigenvalue weighted by atomic mass is 16.5. The van der Waals surface area contributed by atoms with Crippen molar-refractivity contribution in [3.63, 3.8) is 0 Å². The second-order valence-electron chi connectivity index (χ2n) is 5.50. The number of para-hydroxylation sites is 1. The summed E-state index contributed by atoms with van der Waals surface area (Å²) in [6.07, 6.45) is 1.60. The Hall–Kier alpha value is -2.87. The molecule has 0 bridgehead atoms. The van der Waals surface area contributed by atoms with E-state index in [2.05, 4.69) is 4.98 Å². The first-order valence-corrected chi connectivity index (χ1v) is 7.50. The Kier molecular flexibility index (Phi) is 2.53. The first-order valence-electron chi connectivity index (χ1n) is 9.00. The van der Waals surface area contributed by atoms with Crippen molar-refractivity contribution < 1.29 is 8.85 Å². The Bertz CT molecular complexity index is 1100. The van der Waals surface area contributed by atoms with Gasteiger partial charge in [0.25, 0.3) is 0 Å². The summed E-state index contributed by atoms with van der Waals surface area (Å²) in [5, 5.41) is 3.04. The zero-order chi connectivity index (χ0) is 18.3. The third-order valence-corrected chi connectivity index (χ3v) is 4.12. The van der Waals surface area contributed by atoms with Gasteiger partial charge in [0.15, 0.2) is 0 Å².